The van der Waals surface area contributed by atoms with Crippen molar-refractivity contribution in [2.24, 2.45) is 0 Å². The third kappa shape index (κ3) is 3.95. The number of anilines is 3. The lowest BCUT2D eigenvalue weighted by Gasteiger charge is -2.18. The first-order valence-electron chi connectivity index (χ1n) is 7.73. The molecule has 6 heteroatoms. The van der Waals surface area contributed by atoms with Gasteiger partial charge in [-0.15, -0.1) is 0 Å². The predicted octanol–water partition coefficient (Wildman–Crippen LogP) is 4.46. The standard InChI is InChI=1S/C19H17ClN4O/c1-13-8-9-14(10-16(13)20)23-19(25)17-11-18(22-12-21-17)24(2)15-6-4-3-5-7-15/h3-12H,1-2H3,(H,23,25). The molecule has 1 amide bonds. The summed E-state index contributed by atoms with van der Waals surface area (Å²) in [5.41, 5.74) is 2.83. The van der Waals surface area contributed by atoms with Crippen molar-refractivity contribution in [3.8, 4) is 0 Å². The Kier molecular flexibility index (Phi) is 4.95. The van der Waals surface area contributed by atoms with Gasteiger partial charge in [0, 0.05) is 29.5 Å². The fourth-order valence-corrected chi connectivity index (χ4v) is 2.48. The number of hydrogen-bond donors (Lipinski definition) is 1. The van der Waals surface area contributed by atoms with E-state index in [4.69, 9.17) is 11.6 Å². The molecule has 0 aliphatic rings. The Bertz CT molecular complexity index is 899. The van der Waals surface area contributed by atoms with Gasteiger partial charge in [0.1, 0.15) is 17.8 Å². The summed E-state index contributed by atoms with van der Waals surface area (Å²) in [6, 6.07) is 16.8. The lowest BCUT2D eigenvalue weighted by molar-refractivity contribution is 0.102. The quantitative estimate of drug-likeness (QED) is 0.753. The second kappa shape index (κ2) is 7.32. The molecule has 1 aromatic heterocycles. The number of carbonyl (C=O) groups is 1. The number of halogens is 1. The second-order valence-electron chi connectivity index (χ2n) is 5.57. The minimum atomic E-state index is -0.315. The zero-order chi connectivity index (χ0) is 17.8. The minimum absolute atomic E-state index is 0.282. The van der Waals surface area contributed by atoms with Crippen LogP contribution in [-0.2, 0) is 0 Å². The SMILES string of the molecule is Cc1ccc(NC(=O)c2cc(N(C)c3ccccc3)ncn2)cc1Cl. The van der Waals surface area contributed by atoms with E-state index in [-0.39, 0.29) is 11.6 Å². The molecular weight excluding hydrogens is 336 g/mol. The first-order valence-corrected chi connectivity index (χ1v) is 8.11. The third-order valence-corrected chi connectivity index (χ3v) is 4.21. The number of carbonyl (C=O) groups excluding carboxylic acids is 1. The molecule has 1 N–H and O–H groups in total. The molecule has 0 radical (unpaired) electrons. The number of hydrogen-bond acceptors (Lipinski definition) is 4. The summed E-state index contributed by atoms with van der Waals surface area (Å²) in [6.07, 6.45) is 1.38. The Morgan fingerprint density at radius 2 is 1.84 bits per heavy atom. The summed E-state index contributed by atoms with van der Waals surface area (Å²) < 4.78 is 0. The van der Waals surface area contributed by atoms with Gasteiger partial charge in [-0.2, -0.15) is 0 Å². The lowest BCUT2D eigenvalue weighted by Crippen LogP contribution is -2.17. The van der Waals surface area contributed by atoms with Crippen molar-refractivity contribution in [3.05, 3.63) is 77.2 Å². The van der Waals surface area contributed by atoms with Crippen LogP contribution in [0.3, 0.4) is 0 Å². The van der Waals surface area contributed by atoms with Gasteiger partial charge in [-0.25, -0.2) is 9.97 Å². The zero-order valence-electron chi connectivity index (χ0n) is 13.9. The Hall–Kier alpha value is -2.92. The summed E-state index contributed by atoms with van der Waals surface area (Å²) in [7, 11) is 1.89. The van der Waals surface area contributed by atoms with Crippen molar-refractivity contribution in [1.29, 1.82) is 0 Å². The van der Waals surface area contributed by atoms with E-state index in [0.717, 1.165) is 11.3 Å². The number of nitrogens with zero attached hydrogens (tertiary/aromatic N) is 3. The van der Waals surface area contributed by atoms with Crippen LogP contribution in [0.5, 0.6) is 0 Å². The first-order chi connectivity index (χ1) is 12.0. The van der Waals surface area contributed by atoms with Crippen molar-refractivity contribution < 1.29 is 4.79 Å². The molecule has 0 fully saturated rings. The van der Waals surface area contributed by atoms with Gasteiger partial charge >= 0.3 is 0 Å². The predicted molar refractivity (Wildman–Crippen MR) is 101 cm³/mol. The van der Waals surface area contributed by atoms with Gasteiger partial charge in [-0.1, -0.05) is 35.9 Å². The monoisotopic (exact) mass is 352 g/mol. The number of para-hydroxylation sites is 1. The Labute approximate surface area is 151 Å². The molecule has 0 spiro atoms. The van der Waals surface area contributed by atoms with Gasteiger partial charge in [0.2, 0.25) is 0 Å². The molecule has 0 atom stereocenters. The van der Waals surface area contributed by atoms with Crippen LogP contribution in [0.15, 0.2) is 60.9 Å². The molecule has 0 unspecified atom stereocenters. The fraction of sp³-hybridized carbons (Fsp3) is 0.105. The van der Waals surface area contributed by atoms with Crippen molar-refractivity contribution >= 4 is 34.7 Å². The molecule has 25 heavy (non-hydrogen) atoms. The largest absolute Gasteiger partial charge is 0.329 e. The van der Waals surface area contributed by atoms with E-state index in [1.54, 1.807) is 18.2 Å². The van der Waals surface area contributed by atoms with Crippen LogP contribution in [0.25, 0.3) is 0 Å². The Morgan fingerprint density at radius 1 is 1.08 bits per heavy atom. The van der Waals surface area contributed by atoms with Gasteiger partial charge in [-0.3, -0.25) is 4.79 Å². The van der Waals surface area contributed by atoms with Crippen molar-refractivity contribution in [3.63, 3.8) is 0 Å². The highest BCUT2D eigenvalue weighted by Crippen LogP contribution is 2.22. The topological polar surface area (TPSA) is 58.1 Å². The molecule has 3 aromatic rings. The summed E-state index contributed by atoms with van der Waals surface area (Å²) in [4.78, 5) is 22.7. The number of amides is 1. The highest BCUT2D eigenvalue weighted by Gasteiger charge is 2.12. The van der Waals surface area contributed by atoms with Crippen LogP contribution >= 0.6 is 11.6 Å². The molecule has 0 aliphatic carbocycles. The highest BCUT2D eigenvalue weighted by atomic mass is 35.5. The summed E-state index contributed by atoms with van der Waals surface area (Å²) in [5, 5.41) is 3.40. The number of aryl methyl sites for hydroxylation is 1. The van der Waals surface area contributed by atoms with E-state index < -0.39 is 0 Å². The summed E-state index contributed by atoms with van der Waals surface area (Å²) in [6.45, 7) is 1.91. The van der Waals surface area contributed by atoms with Crippen LogP contribution in [-0.4, -0.2) is 22.9 Å². The van der Waals surface area contributed by atoms with E-state index in [1.165, 1.54) is 6.33 Å². The molecule has 5 nitrogen and oxygen atoms in total. The molecule has 1 heterocycles. The lowest BCUT2D eigenvalue weighted by atomic mass is 10.2. The Morgan fingerprint density at radius 3 is 2.56 bits per heavy atom. The van der Waals surface area contributed by atoms with Gasteiger partial charge in [0.15, 0.2) is 0 Å². The van der Waals surface area contributed by atoms with Crippen molar-refractivity contribution in [2.45, 2.75) is 6.92 Å². The minimum Gasteiger partial charge on any atom is -0.329 e. The van der Waals surface area contributed by atoms with Gasteiger partial charge in [0.25, 0.3) is 5.91 Å². The highest BCUT2D eigenvalue weighted by molar-refractivity contribution is 6.31. The average Bonchev–Trinajstić information content (AvgIpc) is 2.65. The fourth-order valence-electron chi connectivity index (χ4n) is 2.30. The number of nitrogens with one attached hydrogen (secondary N) is 1. The molecule has 0 aliphatic heterocycles. The smallest absolute Gasteiger partial charge is 0.274 e. The van der Waals surface area contributed by atoms with Crippen LogP contribution < -0.4 is 10.2 Å². The summed E-state index contributed by atoms with van der Waals surface area (Å²) in [5.74, 6) is 0.318. The van der Waals surface area contributed by atoms with Crippen LogP contribution in [0.4, 0.5) is 17.2 Å². The van der Waals surface area contributed by atoms with Crippen LogP contribution in [0, 0.1) is 6.92 Å². The maximum Gasteiger partial charge on any atom is 0.274 e. The first kappa shape index (κ1) is 16.9. The molecule has 3 rings (SSSR count). The van der Waals surface area contributed by atoms with Gasteiger partial charge in [-0.05, 0) is 36.8 Å². The molecule has 0 saturated carbocycles. The zero-order valence-corrected chi connectivity index (χ0v) is 14.7. The molecule has 126 valence electrons. The number of aromatic nitrogens is 2. The Balaban J connectivity index is 1.81. The maximum absolute atomic E-state index is 12.5. The van der Waals surface area contributed by atoms with Crippen molar-refractivity contribution in [1.82, 2.24) is 9.97 Å². The van der Waals surface area contributed by atoms with Crippen LogP contribution in [0.2, 0.25) is 5.02 Å². The average molecular weight is 353 g/mol. The normalized spacial score (nSPS) is 10.4. The van der Waals surface area contributed by atoms with Crippen molar-refractivity contribution in [2.75, 3.05) is 17.3 Å². The van der Waals surface area contributed by atoms with Crippen LogP contribution in [0.1, 0.15) is 16.1 Å². The molecule has 0 saturated heterocycles. The number of benzene rings is 2. The van der Waals surface area contributed by atoms with Gasteiger partial charge in [0.05, 0.1) is 0 Å². The van der Waals surface area contributed by atoms with E-state index in [9.17, 15) is 4.79 Å². The maximum atomic E-state index is 12.5. The summed E-state index contributed by atoms with van der Waals surface area (Å²) >= 11 is 6.09. The molecular formula is C19H17ClN4O. The number of rotatable bonds is 4. The molecule has 0 bridgehead atoms. The second-order valence-corrected chi connectivity index (χ2v) is 5.98. The van der Waals surface area contributed by atoms with E-state index >= 15 is 0 Å². The van der Waals surface area contributed by atoms with E-state index in [0.29, 0.717) is 16.5 Å². The van der Waals surface area contributed by atoms with E-state index in [2.05, 4.69) is 15.3 Å². The van der Waals surface area contributed by atoms with Gasteiger partial charge < -0.3 is 10.2 Å². The molecule has 2 aromatic carbocycles. The third-order valence-electron chi connectivity index (χ3n) is 3.80. The van der Waals surface area contributed by atoms with E-state index in [1.807, 2.05) is 55.3 Å².